The summed E-state index contributed by atoms with van der Waals surface area (Å²) in [6, 6.07) is 8.29. The largest absolute Gasteiger partial charge is 0.388 e. The van der Waals surface area contributed by atoms with Crippen LogP contribution in [0.4, 0.5) is 0 Å². The Morgan fingerprint density at radius 3 is 2.00 bits per heavy atom. The Morgan fingerprint density at radius 2 is 1.56 bits per heavy atom. The van der Waals surface area contributed by atoms with Gasteiger partial charge in [0.2, 0.25) is 0 Å². The molecule has 2 nitrogen and oxygen atoms in total. The molecule has 2 heteroatoms. The highest BCUT2D eigenvalue weighted by molar-refractivity contribution is 5.25. The molecule has 0 saturated carbocycles. The Bertz CT molecular complexity index is 331. The van der Waals surface area contributed by atoms with Crippen LogP contribution in [-0.4, -0.2) is 17.3 Å². The van der Waals surface area contributed by atoms with Crippen LogP contribution in [-0.2, 0) is 10.3 Å². The fourth-order valence-electron chi connectivity index (χ4n) is 1.40. The number of hydrogen-bond acceptors (Lipinski definition) is 2. The van der Waals surface area contributed by atoms with Gasteiger partial charge in [0.15, 0.2) is 0 Å². The van der Waals surface area contributed by atoms with Crippen molar-refractivity contribution < 1.29 is 9.84 Å². The van der Waals surface area contributed by atoms with E-state index in [1.165, 1.54) is 5.56 Å². The van der Waals surface area contributed by atoms with Crippen molar-refractivity contribution in [2.45, 2.75) is 45.8 Å². The molecule has 0 aromatic heterocycles. The molecule has 0 radical (unpaired) electrons. The molecule has 1 N–H and O–H groups in total. The summed E-state index contributed by atoms with van der Waals surface area (Å²) in [5.41, 5.74) is 1.21. The second-order valence-electron chi connectivity index (χ2n) is 5.48. The molecule has 0 atom stereocenters. The van der Waals surface area contributed by atoms with Gasteiger partial charge in [0.05, 0.1) is 17.8 Å². The molecule has 0 bridgehead atoms. The fourth-order valence-corrected chi connectivity index (χ4v) is 1.40. The van der Waals surface area contributed by atoms with Gasteiger partial charge in [-0.25, -0.2) is 0 Å². The average Bonchev–Trinajstić information content (AvgIpc) is 2.15. The van der Waals surface area contributed by atoms with Crippen LogP contribution in [0.25, 0.3) is 0 Å². The van der Waals surface area contributed by atoms with Crippen molar-refractivity contribution >= 4 is 0 Å². The van der Waals surface area contributed by atoms with Crippen molar-refractivity contribution in [3.05, 3.63) is 35.4 Å². The molecular weight excluding hydrogens is 200 g/mol. The molecule has 0 heterocycles. The van der Waals surface area contributed by atoms with Crippen LogP contribution in [0.1, 0.15) is 38.8 Å². The Morgan fingerprint density at radius 1 is 1.06 bits per heavy atom. The van der Waals surface area contributed by atoms with Gasteiger partial charge in [-0.05, 0) is 40.2 Å². The number of ether oxygens (including phenoxy) is 1. The molecule has 0 spiro atoms. The van der Waals surface area contributed by atoms with Gasteiger partial charge in [-0.3, -0.25) is 0 Å². The van der Waals surface area contributed by atoms with Crippen molar-refractivity contribution in [2.75, 3.05) is 6.61 Å². The normalized spacial score (nSPS) is 12.9. The zero-order valence-electron chi connectivity index (χ0n) is 10.9. The summed E-state index contributed by atoms with van der Waals surface area (Å²) in [7, 11) is 0. The molecule has 0 amide bonds. The summed E-state index contributed by atoms with van der Waals surface area (Å²) in [5, 5.41) is 9.65. The van der Waals surface area contributed by atoms with Gasteiger partial charge in [0, 0.05) is 0 Å². The first-order valence-electron chi connectivity index (χ1n) is 5.64. The summed E-state index contributed by atoms with van der Waals surface area (Å²) in [4.78, 5) is 0. The summed E-state index contributed by atoms with van der Waals surface area (Å²) >= 11 is 0. The van der Waals surface area contributed by atoms with E-state index in [2.05, 4.69) is 31.2 Å². The van der Waals surface area contributed by atoms with Gasteiger partial charge < -0.3 is 9.84 Å². The van der Waals surface area contributed by atoms with E-state index in [9.17, 15) is 5.11 Å². The minimum atomic E-state index is -0.790. The van der Waals surface area contributed by atoms with Gasteiger partial charge >= 0.3 is 0 Å². The topological polar surface area (TPSA) is 29.5 Å². The van der Waals surface area contributed by atoms with E-state index in [4.69, 9.17) is 4.74 Å². The SMILES string of the molecule is Cc1ccc(C(C)(C)OCC(C)(C)O)cc1. The minimum absolute atomic E-state index is 0.327. The van der Waals surface area contributed by atoms with Crippen LogP contribution in [0.3, 0.4) is 0 Å². The predicted molar refractivity (Wildman–Crippen MR) is 66.5 cm³/mol. The molecule has 1 aromatic carbocycles. The molecule has 0 saturated heterocycles. The summed E-state index contributed by atoms with van der Waals surface area (Å²) < 4.78 is 5.77. The van der Waals surface area contributed by atoms with Crippen molar-refractivity contribution in [3.8, 4) is 0 Å². The average molecular weight is 222 g/mol. The number of hydrogen-bond donors (Lipinski definition) is 1. The van der Waals surface area contributed by atoms with Crippen LogP contribution < -0.4 is 0 Å². The molecule has 1 rings (SSSR count). The molecule has 0 aliphatic rings. The van der Waals surface area contributed by atoms with Gasteiger partial charge in [0.1, 0.15) is 0 Å². The smallest absolute Gasteiger partial charge is 0.0876 e. The van der Waals surface area contributed by atoms with E-state index in [0.29, 0.717) is 6.61 Å². The summed E-state index contributed by atoms with van der Waals surface area (Å²) in [6.45, 7) is 9.92. The van der Waals surface area contributed by atoms with Crippen LogP contribution >= 0.6 is 0 Å². The van der Waals surface area contributed by atoms with Crippen LogP contribution in [0, 0.1) is 6.92 Å². The van der Waals surface area contributed by atoms with Gasteiger partial charge in [-0.1, -0.05) is 29.8 Å². The molecule has 0 aliphatic carbocycles. The van der Waals surface area contributed by atoms with Crippen molar-refractivity contribution in [1.29, 1.82) is 0 Å². The van der Waals surface area contributed by atoms with Crippen LogP contribution in [0.5, 0.6) is 0 Å². The van der Waals surface area contributed by atoms with Gasteiger partial charge in [-0.2, -0.15) is 0 Å². The quantitative estimate of drug-likeness (QED) is 0.848. The number of rotatable bonds is 4. The predicted octanol–water partition coefficient (Wildman–Crippen LogP) is 3.02. The standard InChI is InChI=1S/C14H22O2/c1-11-6-8-12(9-7-11)14(4,5)16-10-13(2,3)15/h6-9,15H,10H2,1-5H3. The summed E-state index contributed by atoms with van der Waals surface area (Å²) in [5.74, 6) is 0. The maximum Gasteiger partial charge on any atom is 0.0876 e. The Balaban J connectivity index is 2.73. The first-order chi connectivity index (χ1) is 7.21. The van der Waals surface area contributed by atoms with E-state index in [1.54, 1.807) is 13.8 Å². The van der Waals surface area contributed by atoms with Crippen molar-refractivity contribution in [1.82, 2.24) is 0 Å². The van der Waals surface area contributed by atoms with Crippen molar-refractivity contribution in [2.24, 2.45) is 0 Å². The third-order valence-corrected chi connectivity index (χ3v) is 2.53. The number of aryl methyl sites for hydroxylation is 1. The highest BCUT2D eigenvalue weighted by Gasteiger charge is 2.24. The molecule has 0 aliphatic heterocycles. The highest BCUT2D eigenvalue weighted by Crippen LogP contribution is 2.26. The highest BCUT2D eigenvalue weighted by atomic mass is 16.5. The molecule has 90 valence electrons. The van der Waals surface area contributed by atoms with Crippen molar-refractivity contribution in [3.63, 3.8) is 0 Å². The fraction of sp³-hybridized carbons (Fsp3) is 0.571. The van der Waals surface area contributed by atoms with E-state index >= 15 is 0 Å². The second-order valence-corrected chi connectivity index (χ2v) is 5.48. The molecule has 0 unspecified atom stereocenters. The zero-order valence-corrected chi connectivity index (χ0v) is 10.9. The lowest BCUT2D eigenvalue weighted by atomic mass is 9.97. The van der Waals surface area contributed by atoms with Gasteiger partial charge in [0.25, 0.3) is 0 Å². The van der Waals surface area contributed by atoms with Crippen LogP contribution in [0.15, 0.2) is 24.3 Å². The maximum absolute atomic E-state index is 9.65. The lowest BCUT2D eigenvalue weighted by molar-refractivity contribution is -0.0944. The number of benzene rings is 1. The van der Waals surface area contributed by atoms with Crippen LogP contribution in [0.2, 0.25) is 0 Å². The lowest BCUT2D eigenvalue weighted by Gasteiger charge is -2.29. The van der Waals surface area contributed by atoms with E-state index < -0.39 is 5.60 Å². The van der Waals surface area contributed by atoms with Gasteiger partial charge in [-0.15, -0.1) is 0 Å². The Hall–Kier alpha value is -0.860. The maximum atomic E-state index is 9.65. The third-order valence-electron chi connectivity index (χ3n) is 2.53. The zero-order chi connectivity index (χ0) is 12.4. The molecule has 1 aromatic rings. The number of aliphatic hydroxyl groups is 1. The molecule has 0 fully saturated rings. The van der Waals surface area contributed by atoms with E-state index in [0.717, 1.165) is 5.56 Å². The Kier molecular flexibility index (Phi) is 3.76. The second kappa shape index (κ2) is 4.56. The Labute approximate surface area is 98.3 Å². The first kappa shape index (κ1) is 13.2. The lowest BCUT2D eigenvalue weighted by Crippen LogP contribution is -2.32. The third kappa shape index (κ3) is 3.95. The molecular formula is C14H22O2. The minimum Gasteiger partial charge on any atom is -0.388 e. The van der Waals surface area contributed by atoms with E-state index in [-0.39, 0.29) is 5.60 Å². The van der Waals surface area contributed by atoms with E-state index in [1.807, 2.05) is 13.8 Å². The molecule has 16 heavy (non-hydrogen) atoms. The first-order valence-corrected chi connectivity index (χ1v) is 5.64. The summed E-state index contributed by atoms with van der Waals surface area (Å²) in [6.07, 6.45) is 0. The monoisotopic (exact) mass is 222 g/mol.